The lowest BCUT2D eigenvalue weighted by molar-refractivity contribution is 0.101. The summed E-state index contributed by atoms with van der Waals surface area (Å²) in [6.07, 6.45) is 4.02. The Morgan fingerprint density at radius 2 is 2.39 bits per heavy atom. The minimum absolute atomic E-state index is 0.00634. The Morgan fingerprint density at radius 1 is 1.56 bits per heavy atom. The molecule has 0 unspecified atom stereocenters. The molecule has 1 aliphatic heterocycles. The van der Waals surface area contributed by atoms with Gasteiger partial charge in [-0.1, -0.05) is 0 Å². The van der Waals surface area contributed by atoms with Crippen molar-refractivity contribution in [2.75, 3.05) is 18.0 Å². The number of aromatic nitrogens is 2. The molecule has 2 aromatic rings. The van der Waals surface area contributed by atoms with Gasteiger partial charge in [0.25, 0.3) is 0 Å². The highest BCUT2D eigenvalue weighted by Crippen LogP contribution is 2.22. The fraction of sp³-hybridized carbons (Fsp3) is 0.385. The molecule has 18 heavy (non-hydrogen) atoms. The van der Waals surface area contributed by atoms with Crippen molar-refractivity contribution in [1.82, 2.24) is 9.38 Å². The lowest BCUT2D eigenvalue weighted by Gasteiger charge is -2.17. The largest absolute Gasteiger partial charge is 0.391 e. The summed E-state index contributed by atoms with van der Waals surface area (Å²) in [6, 6.07) is 3.91. The molecule has 0 spiro atoms. The van der Waals surface area contributed by atoms with Crippen LogP contribution in [0.5, 0.6) is 0 Å². The molecule has 3 heterocycles. The quantitative estimate of drug-likeness (QED) is 0.805. The maximum Gasteiger partial charge on any atom is 0.178 e. The van der Waals surface area contributed by atoms with Crippen molar-refractivity contribution in [3.8, 4) is 0 Å². The summed E-state index contributed by atoms with van der Waals surface area (Å²) in [5, 5.41) is 9.54. The zero-order valence-corrected chi connectivity index (χ0v) is 10.2. The summed E-state index contributed by atoms with van der Waals surface area (Å²) in [5.41, 5.74) is 2.40. The molecule has 2 aromatic heterocycles. The third-order valence-electron chi connectivity index (χ3n) is 3.39. The zero-order chi connectivity index (χ0) is 12.7. The number of aliphatic hydroxyl groups is 1. The highest BCUT2D eigenvalue weighted by Gasteiger charge is 2.21. The summed E-state index contributed by atoms with van der Waals surface area (Å²) < 4.78 is 1.79. The summed E-state index contributed by atoms with van der Waals surface area (Å²) in [4.78, 5) is 17.8. The Hall–Kier alpha value is -1.88. The van der Waals surface area contributed by atoms with E-state index in [0.29, 0.717) is 12.2 Å². The van der Waals surface area contributed by atoms with Gasteiger partial charge < -0.3 is 10.0 Å². The number of anilines is 1. The van der Waals surface area contributed by atoms with Gasteiger partial charge in [-0.25, -0.2) is 4.98 Å². The van der Waals surface area contributed by atoms with Gasteiger partial charge in [0.15, 0.2) is 5.78 Å². The number of ketones is 1. The number of hydrogen-bond acceptors (Lipinski definition) is 4. The molecule has 5 heteroatoms. The average Bonchev–Trinajstić information content (AvgIpc) is 2.93. The number of pyridine rings is 1. The van der Waals surface area contributed by atoms with Crippen LogP contribution < -0.4 is 4.90 Å². The predicted molar refractivity (Wildman–Crippen MR) is 68.0 cm³/mol. The number of rotatable bonds is 2. The predicted octanol–water partition coefficient (Wildman–Crippen LogP) is 1.11. The molecule has 1 saturated heterocycles. The number of carbonyl (C=O) groups is 1. The first kappa shape index (κ1) is 11.2. The molecule has 5 nitrogen and oxygen atoms in total. The van der Waals surface area contributed by atoms with Crippen molar-refractivity contribution in [3.63, 3.8) is 0 Å². The minimum Gasteiger partial charge on any atom is -0.391 e. The highest BCUT2D eigenvalue weighted by atomic mass is 16.3. The molecule has 0 aliphatic carbocycles. The third kappa shape index (κ3) is 1.76. The van der Waals surface area contributed by atoms with E-state index in [4.69, 9.17) is 0 Å². The number of carbonyl (C=O) groups excluding carboxylic acids is 1. The monoisotopic (exact) mass is 245 g/mol. The molecule has 0 radical (unpaired) electrons. The van der Waals surface area contributed by atoms with Gasteiger partial charge in [-0.05, 0) is 12.5 Å². The van der Waals surface area contributed by atoms with Crippen LogP contribution in [0.3, 0.4) is 0 Å². The lowest BCUT2D eigenvalue weighted by atomic mass is 10.3. The standard InChI is InChI=1S/C13H15N3O2/c1-9(17)12-7-14-13-6-10(2-5-16(12)13)15-4-3-11(18)8-15/h2,5-7,11,18H,3-4,8H2,1H3/t11-/m1/s1. The molecule has 94 valence electrons. The van der Waals surface area contributed by atoms with Gasteiger partial charge in [-0.15, -0.1) is 0 Å². The zero-order valence-electron chi connectivity index (χ0n) is 10.2. The van der Waals surface area contributed by atoms with Gasteiger partial charge in [0.2, 0.25) is 0 Å². The van der Waals surface area contributed by atoms with Crippen molar-refractivity contribution in [2.24, 2.45) is 0 Å². The van der Waals surface area contributed by atoms with Crippen LogP contribution in [0.15, 0.2) is 24.5 Å². The third-order valence-corrected chi connectivity index (χ3v) is 3.39. The molecule has 1 N–H and O–H groups in total. The van der Waals surface area contributed by atoms with E-state index >= 15 is 0 Å². The maximum absolute atomic E-state index is 11.4. The number of fused-ring (bicyclic) bond motifs is 1. The van der Waals surface area contributed by atoms with Gasteiger partial charge in [-0.2, -0.15) is 0 Å². The first-order valence-corrected chi connectivity index (χ1v) is 6.06. The molecular formula is C13H15N3O2. The van der Waals surface area contributed by atoms with Crippen LogP contribution in [0, 0.1) is 0 Å². The van der Waals surface area contributed by atoms with Gasteiger partial charge in [-0.3, -0.25) is 9.20 Å². The van der Waals surface area contributed by atoms with Gasteiger partial charge in [0.1, 0.15) is 11.3 Å². The lowest BCUT2D eigenvalue weighted by Crippen LogP contribution is -2.21. The van der Waals surface area contributed by atoms with Crippen LogP contribution >= 0.6 is 0 Å². The van der Waals surface area contributed by atoms with E-state index in [1.807, 2.05) is 18.3 Å². The number of imidazole rings is 1. The Kier molecular flexibility index (Phi) is 2.56. The molecule has 1 atom stereocenters. The summed E-state index contributed by atoms with van der Waals surface area (Å²) >= 11 is 0. The van der Waals surface area contributed by atoms with E-state index < -0.39 is 0 Å². The Bertz CT molecular complexity index is 605. The first-order chi connectivity index (χ1) is 8.65. The van der Waals surface area contributed by atoms with E-state index in [0.717, 1.165) is 24.3 Å². The number of β-amino-alcohol motifs (C(OH)–C–C–N with tert-alkyl or cyclic N) is 1. The van der Waals surface area contributed by atoms with E-state index in [1.54, 1.807) is 10.6 Å². The Labute approximate surface area is 105 Å². The number of Topliss-reactive ketones (excluding diaryl/α,β-unsaturated/α-hetero) is 1. The van der Waals surface area contributed by atoms with Crippen molar-refractivity contribution < 1.29 is 9.90 Å². The van der Waals surface area contributed by atoms with Crippen LogP contribution in [-0.2, 0) is 0 Å². The normalized spacial score (nSPS) is 19.7. The smallest absolute Gasteiger partial charge is 0.178 e. The average molecular weight is 245 g/mol. The number of hydrogen-bond donors (Lipinski definition) is 1. The fourth-order valence-corrected chi connectivity index (χ4v) is 2.40. The SMILES string of the molecule is CC(=O)c1cnc2cc(N3CC[C@@H](O)C3)ccn12. The Morgan fingerprint density at radius 3 is 3.06 bits per heavy atom. The first-order valence-electron chi connectivity index (χ1n) is 6.06. The van der Waals surface area contributed by atoms with Crippen LogP contribution in [0.4, 0.5) is 5.69 Å². The van der Waals surface area contributed by atoms with Crippen molar-refractivity contribution in [2.45, 2.75) is 19.4 Å². The summed E-state index contributed by atoms with van der Waals surface area (Å²) in [7, 11) is 0. The molecule has 1 fully saturated rings. The topological polar surface area (TPSA) is 57.8 Å². The summed E-state index contributed by atoms with van der Waals surface area (Å²) in [6.45, 7) is 3.06. The minimum atomic E-state index is -0.242. The van der Waals surface area contributed by atoms with Crippen LogP contribution in [0.2, 0.25) is 0 Å². The van der Waals surface area contributed by atoms with E-state index in [1.165, 1.54) is 6.92 Å². The van der Waals surface area contributed by atoms with E-state index in [2.05, 4.69) is 9.88 Å². The van der Waals surface area contributed by atoms with Crippen LogP contribution in [-0.4, -0.2) is 39.5 Å². The van der Waals surface area contributed by atoms with Gasteiger partial charge in [0, 0.05) is 38.0 Å². The molecule has 0 bridgehead atoms. The van der Waals surface area contributed by atoms with E-state index in [9.17, 15) is 9.90 Å². The highest BCUT2D eigenvalue weighted by molar-refractivity contribution is 5.93. The van der Waals surface area contributed by atoms with Crippen molar-refractivity contribution >= 4 is 17.1 Å². The molecule has 0 amide bonds. The maximum atomic E-state index is 11.4. The molecule has 0 aromatic carbocycles. The van der Waals surface area contributed by atoms with Crippen LogP contribution in [0.1, 0.15) is 23.8 Å². The number of nitrogens with zero attached hydrogens (tertiary/aromatic N) is 3. The molecule has 3 rings (SSSR count). The van der Waals surface area contributed by atoms with Gasteiger partial charge >= 0.3 is 0 Å². The molecular weight excluding hydrogens is 230 g/mol. The van der Waals surface area contributed by atoms with Gasteiger partial charge in [0.05, 0.1) is 12.3 Å². The fourth-order valence-electron chi connectivity index (χ4n) is 2.40. The van der Waals surface area contributed by atoms with Crippen molar-refractivity contribution in [3.05, 3.63) is 30.2 Å². The molecule has 1 aliphatic rings. The number of aliphatic hydroxyl groups excluding tert-OH is 1. The summed E-state index contributed by atoms with van der Waals surface area (Å²) in [5.74, 6) is 0.00634. The second kappa shape index (κ2) is 4.10. The Balaban J connectivity index is 1.99. The molecule has 0 saturated carbocycles. The second-order valence-corrected chi connectivity index (χ2v) is 4.70. The van der Waals surface area contributed by atoms with Crippen molar-refractivity contribution in [1.29, 1.82) is 0 Å². The second-order valence-electron chi connectivity index (χ2n) is 4.70. The van der Waals surface area contributed by atoms with E-state index in [-0.39, 0.29) is 11.9 Å². The van der Waals surface area contributed by atoms with Crippen LogP contribution in [0.25, 0.3) is 5.65 Å².